The number of nitrogens with zero attached hydrogens (tertiary/aromatic N) is 4. The zero-order valence-corrected chi connectivity index (χ0v) is 18.7. The second kappa shape index (κ2) is 9.54. The number of ether oxygens (including phenoxy) is 1. The number of methoxy groups -OCH3 is 1. The molecule has 1 aliphatic rings. The Morgan fingerprint density at radius 2 is 2.12 bits per heavy atom. The fraction of sp³-hybridized carbons (Fsp3) is 0.471. The second-order valence-corrected chi connectivity index (χ2v) is 6.95. The van der Waals surface area contributed by atoms with E-state index in [1.54, 1.807) is 7.05 Å². The number of nitrogens with one attached hydrogen (secondary N) is 1. The number of likely N-dealkylation sites (tertiary alicyclic amines) is 1. The topological polar surface area (TPSA) is 71.2 Å². The summed E-state index contributed by atoms with van der Waals surface area (Å²) < 4.78 is 7.84. The number of piperidine rings is 1. The van der Waals surface area contributed by atoms with Crippen molar-refractivity contribution < 1.29 is 9.53 Å². The molecule has 0 radical (unpaired) electrons. The van der Waals surface area contributed by atoms with Gasteiger partial charge in [-0.1, -0.05) is 0 Å². The zero-order chi connectivity index (χ0) is 17.8. The maximum absolute atomic E-state index is 11.6. The van der Waals surface area contributed by atoms with E-state index >= 15 is 0 Å². The molecule has 0 bridgehead atoms. The number of guanidine groups is 1. The first kappa shape index (κ1) is 20.9. The maximum atomic E-state index is 11.6. The van der Waals surface area contributed by atoms with E-state index in [1.165, 1.54) is 7.11 Å². The molecule has 9 heteroatoms. The number of aromatic nitrogens is 2. The van der Waals surface area contributed by atoms with Crippen LogP contribution in [0.3, 0.4) is 0 Å². The summed E-state index contributed by atoms with van der Waals surface area (Å²) >= 11 is 3.46. The Balaban J connectivity index is 0.00000243. The third-order valence-electron chi connectivity index (χ3n) is 4.43. The van der Waals surface area contributed by atoms with E-state index in [0.717, 1.165) is 47.7 Å². The number of carbonyl (C=O) groups is 1. The average Bonchev–Trinajstić information content (AvgIpc) is 3.04. The molecule has 142 valence electrons. The van der Waals surface area contributed by atoms with Crippen LogP contribution in [-0.4, -0.2) is 53.5 Å². The number of pyridine rings is 1. The predicted molar refractivity (Wildman–Crippen MR) is 115 cm³/mol. The van der Waals surface area contributed by atoms with Crippen molar-refractivity contribution in [1.29, 1.82) is 0 Å². The van der Waals surface area contributed by atoms with Crippen LogP contribution in [0.5, 0.6) is 0 Å². The highest BCUT2D eigenvalue weighted by molar-refractivity contribution is 14.0. The number of aliphatic imine (C=N–C) groups is 1. The lowest BCUT2D eigenvalue weighted by Gasteiger charge is -2.33. The Kier molecular flexibility index (Phi) is 7.69. The first-order valence-corrected chi connectivity index (χ1v) is 9.06. The number of hydrogen-bond donors (Lipinski definition) is 1. The Bertz CT molecular complexity index is 787. The molecule has 0 unspecified atom stereocenters. The SMILES string of the molecule is CN=C(NCc1cn2cc(Br)ccc2n1)N1CCC(C(=O)OC)CC1.I. The van der Waals surface area contributed by atoms with Crippen molar-refractivity contribution in [2.24, 2.45) is 10.9 Å². The molecule has 0 spiro atoms. The van der Waals surface area contributed by atoms with Crippen LogP contribution < -0.4 is 5.32 Å². The van der Waals surface area contributed by atoms with Gasteiger partial charge in [-0.3, -0.25) is 9.79 Å². The van der Waals surface area contributed by atoms with Gasteiger partial charge in [-0.05, 0) is 40.9 Å². The van der Waals surface area contributed by atoms with Gasteiger partial charge in [-0.25, -0.2) is 4.98 Å². The molecule has 2 aromatic heterocycles. The van der Waals surface area contributed by atoms with Gasteiger partial charge in [0.25, 0.3) is 0 Å². The van der Waals surface area contributed by atoms with Crippen LogP contribution in [0.15, 0.2) is 34.0 Å². The van der Waals surface area contributed by atoms with E-state index in [0.29, 0.717) is 6.54 Å². The van der Waals surface area contributed by atoms with Crippen molar-refractivity contribution >= 4 is 57.5 Å². The zero-order valence-electron chi connectivity index (χ0n) is 14.8. The summed E-state index contributed by atoms with van der Waals surface area (Å²) in [6, 6.07) is 3.95. The summed E-state index contributed by atoms with van der Waals surface area (Å²) in [5.74, 6) is 0.719. The van der Waals surface area contributed by atoms with Crippen molar-refractivity contribution in [2.45, 2.75) is 19.4 Å². The Morgan fingerprint density at radius 3 is 2.77 bits per heavy atom. The summed E-state index contributed by atoms with van der Waals surface area (Å²) in [5.41, 5.74) is 1.86. The van der Waals surface area contributed by atoms with Crippen molar-refractivity contribution in [3.63, 3.8) is 0 Å². The fourth-order valence-corrected chi connectivity index (χ4v) is 3.45. The highest BCUT2D eigenvalue weighted by atomic mass is 127. The molecule has 3 heterocycles. The summed E-state index contributed by atoms with van der Waals surface area (Å²) in [6.07, 6.45) is 5.56. The van der Waals surface area contributed by atoms with Crippen molar-refractivity contribution in [3.8, 4) is 0 Å². The molecule has 1 fully saturated rings. The molecule has 7 nitrogen and oxygen atoms in total. The second-order valence-electron chi connectivity index (χ2n) is 6.03. The molecule has 2 aromatic rings. The largest absolute Gasteiger partial charge is 0.469 e. The number of hydrogen-bond acceptors (Lipinski definition) is 4. The smallest absolute Gasteiger partial charge is 0.308 e. The summed E-state index contributed by atoms with van der Waals surface area (Å²) in [6.45, 7) is 2.18. The first-order valence-electron chi connectivity index (χ1n) is 8.27. The molecule has 0 aliphatic carbocycles. The van der Waals surface area contributed by atoms with Crippen LogP contribution in [-0.2, 0) is 16.1 Å². The molecule has 0 saturated carbocycles. The van der Waals surface area contributed by atoms with E-state index in [4.69, 9.17) is 4.74 Å². The lowest BCUT2D eigenvalue weighted by Crippen LogP contribution is -2.46. The van der Waals surface area contributed by atoms with Gasteiger partial charge in [0.15, 0.2) is 5.96 Å². The van der Waals surface area contributed by atoms with Crippen LogP contribution >= 0.6 is 39.9 Å². The van der Waals surface area contributed by atoms with E-state index < -0.39 is 0 Å². The molecule has 0 amide bonds. The average molecular weight is 536 g/mol. The van der Waals surface area contributed by atoms with Gasteiger partial charge in [-0.15, -0.1) is 24.0 Å². The van der Waals surface area contributed by atoms with Gasteiger partial charge in [0, 0.05) is 37.0 Å². The maximum Gasteiger partial charge on any atom is 0.308 e. The van der Waals surface area contributed by atoms with Crippen LogP contribution in [0.25, 0.3) is 5.65 Å². The Labute approximate surface area is 178 Å². The van der Waals surface area contributed by atoms with Gasteiger partial charge >= 0.3 is 5.97 Å². The summed E-state index contributed by atoms with van der Waals surface area (Å²) in [5, 5.41) is 3.36. The van der Waals surface area contributed by atoms with E-state index in [9.17, 15) is 4.79 Å². The van der Waals surface area contributed by atoms with Gasteiger partial charge in [0.1, 0.15) is 5.65 Å². The van der Waals surface area contributed by atoms with Gasteiger partial charge < -0.3 is 19.4 Å². The lowest BCUT2D eigenvalue weighted by molar-refractivity contribution is -0.146. The normalized spacial score (nSPS) is 15.7. The standard InChI is InChI=1S/C17H22BrN5O2.HI/c1-19-17(22-7-5-12(6-8-22)16(24)25-2)20-9-14-11-23-10-13(18)3-4-15(23)21-14;/h3-4,10-12H,5-9H2,1-2H3,(H,19,20);1H. The quantitative estimate of drug-likeness (QED) is 0.283. The molecule has 3 rings (SSSR count). The number of imidazole rings is 1. The van der Waals surface area contributed by atoms with Gasteiger partial charge in [0.05, 0.1) is 25.3 Å². The third-order valence-corrected chi connectivity index (χ3v) is 4.90. The van der Waals surface area contributed by atoms with Crippen LogP contribution in [0.4, 0.5) is 0 Å². The highest BCUT2D eigenvalue weighted by Crippen LogP contribution is 2.18. The highest BCUT2D eigenvalue weighted by Gasteiger charge is 2.26. The minimum Gasteiger partial charge on any atom is -0.469 e. The van der Waals surface area contributed by atoms with Gasteiger partial charge in [0.2, 0.25) is 0 Å². The van der Waals surface area contributed by atoms with E-state index in [1.807, 2.05) is 28.9 Å². The van der Waals surface area contributed by atoms with E-state index in [-0.39, 0.29) is 35.9 Å². The molecular formula is C17H23BrIN5O2. The molecule has 1 aliphatic heterocycles. The molecule has 26 heavy (non-hydrogen) atoms. The third kappa shape index (κ3) is 4.87. The predicted octanol–water partition coefficient (Wildman–Crippen LogP) is 2.68. The number of rotatable bonds is 3. The summed E-state index contributed by atoms with van der Waals surface area (Å²) in [7, 11) is 3.22. The van der Waals surface area contributed by atoms with Crippen LogP contribution in [0.2, 0.25) is 0 Å². The molecule has 1 N–H and O–H groups in total. The lowest BCUT2D eigenvalue weighted by atomic mass is 9.97. The van der Waals surface area contributed by atoms with Crippen LogP contribution in [0, 0.1) is 5.92 Å². The molecule has 0 atom stereocenters. The number of esters is 1. The summed E-state index contributed by atoms with van der Waals surface area (Å²) in [4.78, 5) is 22.8. The minimum absolute atomic E-state index is 0. The minimum atomic E-state index is -0.113. The Hall–Kier alpha value is -1.36. The number of carbonyl (C=O) groups excluding carboxylic acids is 1. The first-order chi connectivity index (χ1) is 12.1. The van der Waals surface area contributed by atoms with Crippen molar-refractivity contribution in [3.05, 3.63) is 34.7 Å². The van der Waals surface area contributed by atoms with Crippen molar-refractivity contribution in [1.82, 2.24) is 19.6 Å². The van der Waals surface area contributed by atoms with Gasteiger partial charge in [-0.2, -0.15) is 0 Å². The molecule has 0 aromatic carbocycles. The number of halogens is 2. The number of fused-ring (bicyclic) bond motifs is 1. The van der Waals surface area contributed by atoms with E-state index in [2.05, 4.69) is 36.1 Å². The molecular weight excluding hydrogens is 513 g/mol. The molecule has 1 saturated heterocycles. The van der Waals surface area contributed by atoms with Crippen LogP contribution in [0.1, 0.15) is 18.5 Å². The Morgan fingerprint density at radius 1 is 1.38 bits per heavy atom. The monoisotopic (exact) mass is 535 g/mol. The fourth-order valence-electron chi connectivity index (χ4n) is 3.10. The van der Waals surface area contributed by atoms with Crippen molar-refractivity contribution in [2.75, 3.05) is 27.2 Å².